The Hall–Kier alpha value is -4.98. The van der Waals surface area contributed by atoms with Crippen molar-refractivity contribution < 1.29 is 0 Å². The van der Waals surface area contributed by atoms with Crippen molar-refractivity contribution in [2.24, 2.45) is 11.8 Å². The van der Waals surface area contributed by atoms with E-state index >= 15 is 0 Å². The first-order chi connectivity index (χ1) is 23.3. The number of rotatable bonds is 3. The fourth-order valence-electron chi connectivity index (χ4n) is 9.40. The average molecular weight is 633 g/mol. The number of hydrogen-bond acceptors (Lipinski definition) is 0. The molecule has 0 N–H and O–H groups in total. The second-order valence-electron chi connectivity index (χ2n) is 14.7. The lowest BCUT2D eigenvalue weighted by molar-refractivity contribution is 0.586. The van der Waals surface area contributed by atoms with Crippen LogP contribution in [0.3, 0.4) is 0 Å². The number of hydrogen-bond donors (Lipinski definition) is 0. The maximum Gasteiger partial charge on any atom is 0.109 e. The van der Waals surface area contributed by atoms with Crippen molar-refractivity contribution in [1.29, 1.82) is 0 Å². The quantitative estimate of drug-likeness (QED) is 0.171. The molecule has 232 valence electrons. The van der Waals surface area contributed by atoms with Gasteiger partial charge in [-0.1, -0.05) is 170 Å². The van der Waals surface area contributed by atoms with Gasteiger partial charge in [-0.25, -0.2) is 0 Å². The lowest BCUT2D eigenvalue weighted by atomic mass is 9.67. The van der Waals surface area contributed by atoms with Crippen LogP contribution in [0.4, 0.5) is 0 Å². The number of aryl methyl sites for hydroxylation is 2. The Balaban J connectivity index is 1.44. The molecule has 9 rings (SSSR count). The summed E-state index contributed by atoms with van der Waals surface area (Å²) in [6, 6.07) is 50.5. The molecule has 2 unspecified atom stereocenters. The molecule has 0 aromatic heterocycles. The zero-order chi connectivity index (χ0) is 32.7. The van der Waals surface area contributed by atoms with Crippen LogP contribution in [0, 0.1) is 25.7 Å². The van der Waals surface area contributed by atoms with Gasteiger partial charge in [0.2, 0.25) is 0 Å². The lowest BCUT2D eigenvalue weighted by Crippen LogP contribution is -2.47. The van der Waals surface area contributed by atoms with Gasteiger partial charge in [-0.2, -0.15) is 0 Å². The summed E-state index contributed by atoms with van der Waals surface area (Å²) < 4.78 is 0. The lowest BCUT2D eigenvalue weighted by Gasteiger charge is -2.41. The Kier molecular flexibility index (Phi) is 6.55. The first-order valence-corrected chi connectivity index (χ1v) is 20.4. The molecule has 2 aliphatic carbocycles. The second kappa shape index (κ2) is 10.8. The van der Waals surface area contributed by atoms with Gasteiger partial charge in [0.1, 0.15) is 8.07 Å². The zero-order valence-corrected chi connectivity index (χ0v) is 29.4. The molecule has 1 aliphatic heterocycles. The van der Waals surface area contributed by atoms with Crippen molar-refractivity contribution in [3.8, 4) is 11.1 Å². The van der Waals surface area contributed by atoms with Crippen molar-refractivity contribution >= 4 is 40.8 Å². The van der Waals surface area contributed by atoms with E-state index in [-0.39, 0.29) is 5.92 Å². The molecule has 1 heterocycles. The Labute approximate surface area is 285 Å². The largest absolute Gasteiger partial charge is 0.109 e. The van der Waals surface area contributed by atoms with E-state index < -0.39 is 8.07 Å². The summed E-state index contributed by atoms with van der Waals surface area (Å²) in [5.74, 6) is 0.621. The highest BCUT2D eigenvalue weighted by molar-refractivity contribution is 6.98. The molecule has 3 aliphatic rings. The number of benzene rings is 6. The fourth-order valence-corrected chi connectivity index (χ4v) is 13.3. The highest BCUT2D eigenvalue weighted by Gasteiger charge is 2.47. The summed E-state index contributed by atoms with van der Waals surface area (Å²) in [5, 5.41) is 8.58. The minimum Gasteiger partial charge on any atom is -0.0647 e. The van der Waals surface area contributed by atoms with Crippen molar-refractivity contribution in [1.82, 2.24) is 0 Å². The molecule has 6 aromatic rings. The van der Waals surface area contributed by atoms with E-state index in [0.717, 1.165) is 0 Å². The Morgan fingerprint density at radius 3 is 2.04 bits per heavy atom. The van der Waals surface area contributed by atoms with Gasteiger partial charge in [-0.3, -0.25) is 0 Å². The fraction of sp³-hybridized carbons (Fsp3) is 0.149. The predicted molar refractivity (Wildman–Crippen MR) is 207 cm³/mol. The van der Waals surface area contributed by atoms with Crippen molar-refractivity contribution in [3.05, 3.63) is 189 Å². The summed E-state index contributed by atoms with van der Waals surface area (Å²) >= 11 is 0. The SMILES string of the molecule is Cc1cccc(C2=c3ccc(-c4cccc5ccccc45)cc3=C(c3cccc(C)c3)C3C2=CC2=C(C3C)[Si](C)(C)c3ccccc32)c1. The summed E-state index contributed by atoms with van der Waals surface area (Å²) in [5.41, 5.74) is 15.1. The molecule has 6 aromatic carbocycles. The minimum atomic E-state index is -1.89. The van der Waals surface area contributed by atoms with Crippen molar-refractivity contribution in [3.63, 3.8) is 0 Å². The van der Waals surface area contributed by atoms with E-state index in [9.17, 15) is 0 Å². The van der Waals surface area contributed by atoms with Gasteiger partial charge in [-0.15, -0.1) is 0 Å². The van der Waals surface area contributed by atoms with Gasteiger partial charge in [0.15, 0.2) is 0 Å². The Morgan fingerprint density at radius 2 is 1.23 bits per heavy atom. The third-order valence-electron chi connectivity index (χ3n) is 11.4. The van der Waals surface area contributed by atoms with Crippen LogP contribution in [-0.2, 0) is 0 Å². The summed E-state index contributed by atoms with van der Waals surface area (Å²) in [6.07, 6.45) is 2.62. The van der Waals surface area contributed by atoms with E-state index in [4.69, 9.17) is 0 Å². The molecule has 0 fully saturated rings. The van der Waals surface area contributed by atoms with Gasteiger partial charge in [0, 0.05) is 5.92 Å². The van der Waals surface area contributed by atoms with Gasteiger partial charge in [0.05, 0.1) is 0 Å². The summed E-state index contributed by atoms with van der Waals surface area (Å²) in [7, 11) is -1.89. The predicted octanol–water partition coefficient (Wildman–Crippen LogP) is 9.65. The molecule has 0 amide bonds. The Morgan fingerprint density at radius 1 is 0.562 bits per heavy atom. The first-order valence-electron chi connectivity index (χ1n) is 17.4. The molecule has 1 heteroatoms. The van der Waals surface area contributed by atoms with Gasteiger partial charge < -0.3 is 0 Å². The molecule has 0 spiro atoms. The van der Waals surface area contributed by atoms with Crippen LogP contribution >= 0.6 is 0 Å². The van der Waals surface area contributed by atoms with E-state index in [1.54, 1.807) is 10.4 Å². The van der Waals surface area contributed by atoms with Crippen LogP contribution in [0.15, 0.2) is 150 Å². The van der Waals surface area contributed by atoms with Crippen LogP contribution < -0.4 is 15.6 Å². The van der Waals surface area contributed by atoms with E-state index in [0.29, 0.717) is 5.92 Å². The van der Waals surface area contributed by atoms with Crippen molar-refractivity contribution in [2.75, 3.05) is 0 Å². The topological polar surface area (TPSA) is 0 Å². The Bertz CT molecular complexity index is 2520. The zero-order valence-electron chi connectivity index (χ0n) is 28.4. The van der Waals surface area contributed by atoms with E-state index in [1.165, 1.54) is 82.4 Å². The van der Waals surface area contributed by atoms with Crippen molar-refractivity contribution in [2.45, 2.75) is 33.9 Å². The molecule has 0 saturated heterocycles. The number of fused-ring (bicyclic) bond motifs is 5. The minimum absolute atomic E-state index is 0.248. The van der Waals surface area contributed by atoms with Crippen LogP contribution in [-0.4, -0.2) is 8.07 Å². The third kappa shape index (κ3) is 4.27. The molecule has 48 heavy (non-hydrogen) atoms. The molecule has 0 bridgehead atoms. The monoisotopic (exact) mass is 632 g/mol. The number of allylic oxidation sites excluding steroid dienone is 4. The summed E-state index contributed by atoms with van der Waals surface area (Å²) in [6.45, 7) is 12.2. The second-order valence-corrected chi connectivity index (χ2v) is 19.0. The van der Waals surface area contributed by atoms with Gasteiger partial charge >= 0.3 is 0 Å². The van der Waals surface area contributed by atoms with E-state index in [1.807, 2.05) is 0 Å². The molecule has 2 atom stereocenters. The molecule has 0 saturated carbocycles. The molecule has 0 radical (unpaired) electrons. The normalized spacial score (nSPS) is 19.1. The first kappa shape index (κ1) is 29.2. The molecular weight excluding hydrogens is 593 g/mol. The van der Waals surface area contributed by atoms with Gasteiger partial charge in [-0.05, 0) is 102 Å². The van der Waals surface area contributed by atoms with E-state index in [2.05, 4.69) is 173 Å². The van der Waals surface area contributed by atoms with Crippen LogP contribution in [0.2, 0.25) is 13.1 Å². The average Bonchev–Trinajstić information content (AvgIpc) is 3.33. The maximum absolute atomic E-state index is 2.62. The highest BCUT2D eigenvalue weighted by Crippen LogP contribution is 2.53. The standard InChI is InChI=1S/C47H40Si/c1-29-13-10-17-34(25-29)45-39-24-23-33(37-21-12-16-32-15-6-7-19-36(32)37)27-40(39)46(35-18-11-14-30(2)26-35)44-31(3)47-41(28-42(44)45)38-20-8-9-22-43(38)48(47,4)5/h6-28,31,44H,1-5H3. The van der Waals surface area contributed by atoms with Crippen LogP contribution in [0.5, 0.6) is 0 Å². The smallest absolute Gasteiger partial charge is 0.0647 e. The summed E-state index contributed by atoms with van der Waals surface area (Å²) in [4.78, 5) is 0. The molecule has 0 nitrogen and oxygen atoms in total. The third-order valence-corrected chi connectivity index (χ3v) is 15.2. The highest BCUT2D eigenvalue weighted by atomic mass is 28.3. The molecular formula is C47H40Si. The van der Waals surface area contributed by atoms with Crippen LogP contribution in [0.25, 0.3) is 38.6 Å². The van der Waals surface area contributed by atoms with Crippen LogP contribution in [0.1, 0.15) is 34.7 Å². The van der Waals surface area contributed by atoms with Gasteiger partial charge in [0.25, 0.3) is 0 Å². The maximum atomic E-state index is 2.62.